The minimum atomic E-state index is 0.880. The van der Waals surface area contributed by atoms with Crippen LogP contribution in [0.1, 0.15) is 17.7 Å². The molecule has 0 fully saturated rings. The highest BCUT2D eigenvalue weighted by atomic mass is 15.3. The molecule has 56 heavy (non-hydrogen) atoms. The molecule has 0 unspecified atom stereocenters. The number of aromatic nitrogens is 4. The molecule has 3 aromatic heterocycles. The van der Waals surface area contributed by atoms with Crippen LogP contribution < -0.4 is 0 Å². The van der Waals surface area contributed by atoms with E-state index in [9.17, 15) is 0 Å². The van der Waals surface area contributed by atoms with Gasteiger partial charge in [0.25, 0.3) is 0 Å². The van der Waals surface area contributed by atoms with E-state index >= 15 is 0 Å². The molecule has 4 heteroatoms. The summed E-state index contributed by atoms with van der Waals surface area (Å²) in [6, 6.07) is 61.9. The summed E-state index contributed by atoms with van der Waals surface area (Å²) in [6.45, 7) is 0. The van der Waals surface area contributed by atoms with Crippen LogP contribution in [0.15, 0.2) is 176 Å². The zero-order valence-corrected chi connectivity index (χ0v) is 30.5. The van der Waals surface area contributed by atoms with E-state index in [4.69, 9.17) is 10.2 Å². The van der Waals surface area contributed by atoms with Crippen LogP contribution in [0.2, 0.25) is 0 Å². The Hall–Kier alpha value is -7.30. The van der Waals surface area contributed by atoms with E-state index in [2.05, 4.69) is 191 Å². The Morgan fingerprint density at radius 1 is 0.446 bits per heavy atom. The van der Waals surface area contributed by atoms with Crippen molar-refractivity contribution in [1.29, 1.82) is 0 Å². The number of fused-ring (bicyclic) bond motifs is 11. The van der Waals surface area contributed by atoms with E-state index in [1.807, 2.05) is 0 Å². The van der Waals surface area contributed by atoms with Crippen molar-refractivity contribution in [1.82, 2.24) is 19.2 Å². The minimum absolute atomic E-state index is 0.880. The fourth-order valence-electron chi connectivity index (χ4n) is 9.29. The Morgan fingerprint density at radius 2 is 1.00 bits per heavy atom. The summed E-state index contributed by atoms with van der Waals surface area (Å²) in [5.74, 6) is 0.880. The SMILES string of the molecule is C1=Cc2c(n3c(-c4ccc(-n5c6ccc(-c7cccc8ccccc78)cc6c6cc(-c7cccc8ccccc78)ccc65)cc4)nnc3c3ccccc23)CC1. The number of rotatable bonds is 4. The Balaban J connectivity index is 1.05. The Bertz CT molecular complexity index is 3270. The number of benzene rings is 8. The first kappa shape index (κ1) is 31.1. The van der Waals surface area contributed by atoms with Gasteiger partial charge in [0.1, 0.15) is 0 Å². The van der Waals surface area contributed by atoms with Gasteiger partial charge in [0.15, 0.2) is 11.5 Å². The van der Waals surface area contributed by atoms with Crippen molar-refractivity contribution < 1.29 is 0 Å². The van der Waals surface area contributed by atoms with E-state index in [1.165, 1.54) is 82.2 Å². The van der Waals surface area contributed by atoms with E-state index in [-0.39, 0.29) is 0 Å². The van der Waals surface area contributed by atoms with E-state index in [0.29, 0.717) is 0 Å². The van der Waals surface area contributed by atoms with Gasteiger partial charge in [-0.2, -0.15) is 0 Å². The van der Waals surface area contributed by atoms with E-state index < -0.39 is 0 Å². The van der Waals surface area contributed by atoms with Crippen molar-refractivity contribution in [2.45, 2.75) is 12.8 Å². The first-order valence-corrected chi connectivity index (χ1v) is 19.4. The van der Waals surface area contributed by atoms with Gasteiger partial charge in [-0.3, -0.25) is 4.40 Å². The monoisotopic (exact) mass is 714 g/mol. The zero-order valence-electron chi connectivity index (χ0n) is 30.5. The molecule has 11 aromatic rings. The largest absolute Gasteiger partial charge is 0.309 e. The van der Waals surface area contributed by atoms with Gasteiger partial charge >= 0.3 is 0 Å². The molecule has 8 aromatic carbocycles. The van der Waals surface area contributed by atoms with E-state index in [0.717, 1.165) is 41.0 Å². The third-order valence-electron chi connectivity index (χ3n) is 11.9. The van der Waals surface area contributed by atoms with Crippen molar-refractivity contribution in [3.63, 3.8) is 0 Å². The molecule has 12 rings (SSSR count). The smallest absolute Gasteiger partial charge is 0.169 e. The molecular weight excluding hydrogens is 681 g/mol. The first-order valence-electron chi connectivity index (χ1n) is 19.4. The van der Waals surface area contributed by atoms with Crippen LogP contribution in [0.25, 0.3) is 105 Å². The predicted octanol–water partition coefficient (Wildman–Crippen LogP) is 13.2. The lowest BCUT2D eigenvalue weighted by Gasteiger charge is -2.17. The average molecular weight is 715 g/mol. The molecule has 0 bridgehead atoms. The molecule has 4 nitrogen and oxygen atoms in total. The van der Waals surface area contributed by atoms with Crippen LogP contribution in [0, 0.1) is 0 Å². The molecule has 0 radical (unpaired) electrons. The lowest BCUT2D eigenvalue weighted by atomic mass is 9.95. The summed E-state index contributed by atoms with van der Waals surface area (Å²) in [6.07, 6.45) is 6.52. The standard InChI is InChI=1S/C52H34N4/c1-3-15-39-33(11-1)13-9-20-41(39)36-25-29-49-46(31-36)47-32-37(42-21-10-14-34-12-2-4-16-40(34)42)26-30-50(47)55(49)38-27-23-35(24-28-38)51-53-54-52-45-19-6-5-17-43(45)44-18-7-8-22-48(44)56(51)52/h1-7,9-21,23-32H,8,22H2. The molecule has 1 aliphatic rings. The molecule has 262 valence electrons. The quantitative estimate of drug-likeness (QED) is 0.182. The molecule has 0 spiro atoms. The van der Waals surface area contributed by atoms with Crippen molar-refractivity contribution >= 4 is 65.8 Å². The Morgan fingerprint density at radius 3 is 1.64 bits per heavy atom. The highest BCUT2D eigenvalue weighted by Gasteiger charge is 2.21. The van der Waals surface area contributed by atoms with Crippen LogP contribution in [-0.4, -0.2) is 19.2 Å². The lowest BCUT2D eigenvalue weighted by molar-refractivity contribution is 0.901. The van der Waals surface area contributed by atoms with Gasteiger partial charge in [-0.25, -0.2) is 0 Å². The van der Waals surface area contributed by atoms with Gasteiger partial charge in [-0.05, 0) is 111 Å². The topological polar surface area (TPSA) is 35.1 Å². The molecular formula is C52H34N4. The average Bonchev–Trinajstić information content (AvgIpc) is 3.86. The number of nitrogens with zero attached hydrogens (tertiary/aromatic N) is 4. The van der Waals surface area contributed by atoms with Gasteiger partial charge in [0.2, 0.25) is 0 Å². The lowest BCUT2D eigenvalue weighted by Crippen LogP contribution is -2.06. The second-order valence-electron chi connectivity index (χ2n) is 14.9. The summed E-state index contributed by atoms with van der Waals surface area (Å²) >= 11 is 0. The van der Waals surface area contributed by atoms with Gasteiger partial charge < -0.3 is 4.57 Å². The fraction of sp³-hybridized carbons (Fsp3) is 0.0385. The number of aryl methyl sites for hydroxylation is 1. The van der Waals surface area contributed by atoms with Crippen LogP contribution in [0.3, 0.4) is 0 Å². The molecule has 3 heterocycles. The molecule has 0 atom stereocenters. The fourth-order valence-corrected chi connectivity index (χ4v) is 9.29. The summed E-state index contributed by atoms with van der Waals surface area (Å²) in [4.78, 5) is 0. The third-order valence-corrected chi connectivity index (χ3v) is 11.9. The highest BCUT2D eigenvalue weighted by Crippen LogP contribution is 2.40. The zero-order chi connectivity index (χ0) is 36.7. The van der Waals surface area contributed by atoms with Crippen molar-refractivity contribution in [2.75, 3.05) is 0 Å². The van der Waals surface area contributed by atoms with Crippen LogP contribution in [0.5, 0.6) is 0 Å². The maximum absolute atomic E-state index is 4.82. The maximum atomic E-state index is 4.82. The summed E-state index contributed by atoms with van der Waals surface area (Å²) in [5.41, 5.74) is 12.9. The molecule has 0 saturated carbocycles. The number of hydrogen-bond donors (Lipinski definition) is 0. The molecule has 0 amide bonds. The molecule has 1 aliphatic carbocycles. The molecule has 0 N–H and O–H groups in total. The second-order valence-corrected chi connectivity index (χ2v) is 14.9. The van der Waals surface area contributed by atoms with Crippen molar-refractivity contribution in [3.8, 4) is 39.3 Å². The van der Waals surface area contributed by atoms with Gasteiger partial charge in [-0.15, -0.1) is 10.2 Å². The van der Waals surface area contributed by atoms with Crippen molar-refractivity contribution in [3.05, 3.63) is 187 Å². The van der Waals surface area contributed by atoms with Gasteiger partial charge in [-0.1, -0.05) is 133 Å². The Labute approximate surface area is 323 Å². The number of hydrogen-bond acceptors (Lipinski definition) is 2. The van der Waals surface area contributed by atoms with Crippen molar-refractivity contribution in [2.24, 2.45) is 0 Å². The Kier molecular flexibility index (Phi) is 6.72. The number of allylic oxidation sites excluding steroid dienone is 1. The van der Waals surface area contributed by atoms with Gasteiger partial charge in [0.05, 0.1) is 11.0 Å². The normalized spacial score (nSPS) is 12.8. The first-order chi connectivity index (χ1) is 27.8. The summed E-state index contributed by atoms with van der Waals surface area (Å²) < 4.78 is 4.70. The third kappa shape index (κ3) is 4.59. The minimum Gasteiger partial charge on any atom is -0.309 e. The molecule has 0 saturated heterocycles. The maximum Gasteiger partial charge on any atom is 0.169 e. The van der Waals surface area contributed by atoms with Crippen LogP contribution in [0.4, 0.5) is 0 Å². The highest BCUT2D eigenvalue weighted by molar-refractivity contribution is 6.13. The molecule has 0 aliphatic heterocycles. The predicted molar refractivity (Wildman–Crippen MR) is 234 cm³/mol. The summed E-state index contributed by atoms with van der Waals surface area (Å²) in [5, 5.41) is 19.4. The van der Waals surface area contributed by atoms with Gasteiger partial charge in [0, 0.05) is 38.7 Å². The number of pyridine rings is 1. The summed E-state index contributed by atoms with van der Waals surface area (Å²) in [7, 11) is 0. The van der Waals surface area contributed by atoms with Crippen LogP contribution >= 0.6 is 0 Å². The van der Waals surface area contributed by atoms with E-state index in [1.54, 1.807) is 0 Å². The van der Waals surface area contributed by atoms with Crippen LogP contribution in [-0.2, 0) is 6.42 Å². The second kappa shape index (κ2) is 12.1.